The first-order chi connectivity index (χ1) is 12.2. The maximum absolute atomic E-state index is 14.4. The van der Waals surface area contributed by atoms with E-state index in [9.17, 15) is 4.39 Å². The van der Waals surface area contributed by atoms with Crippen LogP contribution in [0.4, 0.5) is 10.2 Å². The van der Waals surface area contributed by atoms with Crippen molar-refractivity contribution in [2.45, 2.75) is 25.5 Å². The number of hydrogen-bond acceptors (Lipinski definition) is 8. The van der Waals surface area contributed by atoms with Crippen LogP contribution in [-0.4, -0.2) is 39.9 Å². The van der Waals surface area contributed by atoms with Gasteiger partial charge in [-0.15, -0.1) is 0 Å². The van der Waals surface area contributed by atoms with E-state index in [4.69, 9.17) is 14.0 Å². The van der Waals surface area contributed by atoms with Gasteiger partial charge in [0.25, 0.3) is 5.89 Å². The number of benzene rings is 1. The highest BCUT2D eigenvalue weighted by atomic mass is 19.1. The summed E-state index contributed by atoms with van der Waals surface area (Å²) in [5.74, 6) is 1.10. The van der Waals surface area contributed by atoms with Crippen molar-refractivity contribution in [3.63, 3.8) is 0 Å². The summed E-state index contributed by atoms with van der Waals surface area (Å²) in [6.45, 7) is 2.30. The quantitative estimate of drug-likeness (QED) is 0.770. The third-order valence-electron chi connectivity index (χ3n) is 4.13. The number of nitrogens with zero attached hydrogens (tertiary/aromatic N) is 4. The Kier molecular flexibility index (Phi) is 3.92. The van der Waals surface area contributed by atoms with Crippen LogP contribution in [0.5, 0.6) is 5.75 Å². The van der Waals surface area contributed by atoms with Crippen molar-refractivity contribution in [2.24, 2.45) is 0 Å². The molecule has 1 aliphatic rings. The zero-order valence-electron chi connectivity index (χ0n) is 13.7. The summed E-state index contributed by atoms with van der Waals surface area (Å²) < 4.78 is 30.3. The molecular formula is C16H16FN5O3. The van der Waals surface area contributed by atoms with Crippen LogP contribution in [0.1, 0.15) is 24.2 Å². The Labute approximate surface area is 142 Å². The van der Waals surface area contributed by atoms with Crippen LogP contribution >= 0.6 is 0 Å². The summed E-state index contributed by atoms with van der Waals surface area (Å²) in [7, 11) is 1.41. The molecule has 4 rings (SSSR count). The van der Waals surface area contributed by atoms with E-state index >= 15 is 0 Å². The van der Waals surface area contributed by atoms with Gasteiger partial charge in [-0.2, -0.15) is 4.98 Å². The van der Waals surface area contributed by atoms with Crippen LogP contribution in [0.15, 0.2) is 23.0 Å². The fourth-order valence-electron chi connectivity index (χ4n) is 2.93. The molecule has 0 unspecified atom stereocenters. The molecule has 1 saturated heterocycles. The van der Waals surface area contributed by atoms with Crippen LogP contribution in [-0.2, 0) is 4.74 Å². The zero-order chi connectivity index (χ0) is 17.4. The van der Waals surface area contributed by atoms with Gasteiger partial charge < -0.3 is 19.3 Å². The van der Waals surface area contributed by atoms with Gasteiger partial charge in [0.2, 0.25) is 0 Å². The predicted octanol–water partition coefficient (Wildman–Crippen LogP) is 2.41. The van der Waals surface area contributed by atoms with Gasteiger partial charge in [0.05, 0.1) is 13.2 Å². The van der Waals surface area contributed by atoms with E-state index in [0.717, 1.165) is 6.42 Å². The smallest absolute Gasteiger partial charge is 0.257 e. The molecule has 1 fully saturated rings. The van der Waals surface area contributed by atoms with Gasteiger partial charge in [0, 0.05) is 12.0 Å². The summed E-state index contributed by atoms with van der Waals surface area (Å²) >= 11 is 0. The third kappa shape index (κ3) is 2.76. The Hall–Kier alpha value is -2.81. The van der Waals surface area contributed by atoms with Crippen molar-refractivity contribution < 1.29 is 18.4 Å². The number of rotatable bonds is 4. The minimum Gasteiger partial charge on any atom is -0.494 e. The largest absolute Gasteiger partial charge is 0.494 e. The number of anilines is 1. The van der Waals surface area contributed by atoms with E-state index < -0.39 is 5.82 Å². The second-order valence-electron chi connectivity index (χ2n) is 5.71. The third-order valence-corrected chi connectivity index (χ3v) is 4.13. The van der Waals surface area contributed by atoms with Crippen molar-refractivity contribution >= 4 is 16.7 Å². The molecule has 130 valence electrons. The molecule has 25 heavy (non-hydrogen) atoms. The van der Waals surface area contributed by atoms with Gasteiger partial charge in [-0.1, -0.05) is 5.16 Å². The summed E-state index contributed by atoms with van der Waals surface area (Å²) in [6.07, 6.45) is 1.67. The molecule has 1 aliphatic heterocycles. The van der Waals surface area contributed by atoms with Crippen molar-refractivity contribution in [3.8, 4) is 5.75 Å². The number of hydrogen-bond donors (Lipinski definition) is 1. The Bertz CT molecular complexity index is 916. The average molecular weight is 345 g/mol. The molecular weight excluding hydrogens is 329 g/mol. The fourth-order valence-corrected chi connectivity index (χ4v) is 2.93. The molecule has 0 aliphatic carbocycles. The summed E-state index contributed by atoms with van der Waals surface area (Å²) in [4.78, 5) is 12.5. The molecule has 8 nitrogen and oxygen atoms in total. The van der Waals surface area contributed by atoms with Crippen LogP contribution in [0, 0.1) is 12.7 Å². The molecule has 1 aromatic carbocycles. The molecule has 9 heteroatoms. The predicted molar refractivity (Wildman–Crippen MR) is 85.8 cm³/mol. The highest BCUT2D eigenvalue weighted by Gasteiger charge is 2.34. The number of halogens is 1. The Balaban J connectivity index is 1.67. The molecule has 2 atom stereocenters. The number of fused-ring (bicyclic) bond motifs is 1. The van der Waals surface area contributed by atoms with Gasteiger partial charge >= 0.3 is 0 Å². The highest BCUT2D eigenvalue weighted by molar-refractivity contribution is 5.90. The summed E-state index contributed by atoms with van der Waals surface area (Å²) in [5, 5.41) is 7.66. The van der Waals surface area contributed by atoms with E-state index in [2.05, 4.69) is 25.4 Å². The number of aryl methyl sites for hydroxylation is 1. The topological polar surface area (TPSA) is 95.2 Å². The van der Waals surface area contributed by atoms with Crippen LogP contribution in [0.2, 0.25) is 0 Å². The zero-order valence-corrected chi connectivity index (χ0v) is 13.7. The highest BCUT2D eigenvalue weighted by Crippen LogP contribution is 2.33. The van der Waals surface area contributed by atoms with Gasteiger partial charge in [0.15, 0.2) is 23.5 Å². The molecule has 0 amide bonds. The summed E-state index contributed by atoms with van der Waals surface area (Å²) in [6, 6.07) is 3.15. The number of methoxy groups -OCH3 is 1. The lowest BCUT2D eigenvalue weighted by Crippen LogP contribution is -2.24. The molecule has 0 radical (unpaired) electrons. The molecule has 1 N–H and O–H groups in total. The van der Waals surface area contributed by atoms with Gasteiger partial charge in [-0.25, -0.2) is 14.4 Å². The van der Waals surface area contributed by atoms with Crippen LogP contribution in [0.25, 0.3) is 10.9 Å². The maximum Gasteiger partial charge on any atom is 0.257 e. The van der Waals surface area contributed by atoms with E-state index in [1.165, 1.54) is 13.4 Å². The SMILES string of the molecule is COc1ccc2c(N[C@@H]3CCO[C@@H]3c3nc(C)no3)ncnc2c1F. The summed E-state index contributed by atoms with van der Waals surface area (Å²) in [5.41, 5.74) is 0.195. The molecule has 2 aromatic heterocycles. The van der Waals surface area contributed by atoms with E-state index in [-0.39, 0.29) is 23.4 Å². The maximum atomic E-state index is 14.4. The van der Waals surface area contributed by atoms with E-state index in [1.54, 1.807) is 19.1 Å². The van der Waals surface area contributed by atoms with Crippen LogP contribution < -0.4 is 10.1 Å². The second-order valence-corrected chi connectivity index (χ2v) is 5.71. The lowest BCUT2D eigenvalue weighted by molar-refractivity contribution is 0.0792. The van der Waals surface area contributed by atoms with Crippen molar-refractivity contribution in [1.82, 2.24) is 20.1 Å². The molecule has 0 spiro atoms. The monoisotopic (exact) mass is 345 g/mol. The normalized spacial score (nSPS) is 20.1. The van der Waals surface area contributed by atoms with Crippen molar-refractivity contribution in [3.05, 3.63) is 36.0 Å². The molecule has 0 bridgehead atoms. The van der Waals surface area contributed by atoms with E-state index in [1.807, 2.05) is 0 Å². The fraction of sp³-hybridized carbons (Fsp3) is 0.375. The van der Waals surface area contributed by atoms with Gasteiger partial charge in [-0.05, 0) is 25.5 Å². The van der Waals surface area contributed by atoms with E-state index in [0.29, 0.717) is 29.5 Å². The minimum atomic E-state index is -0.516. The molecule has 3 heterocycles. The first-order valence-corrected chi connectivity index (χ1v) is 7.83. The lowest BCUT2D eigenvalue weighted by atomic mass is 10.1. The first-order valence-electron chi connectivity index (χ1n) is 7.83. The molecule has 0 saturated carbocycles. The minimum absolute atomic E-state index is 0.122. The van der Waals surface area contributed by atoms with Crippen molar-refractivity contribution in [2.75, 3.05) is 19.0 Å². The number of ether oxygens (including phenoxy) is 2. The van der Waals surface area contributed by atoms with Gasteiger partial charge in [0.1, 0.15) is 17.7 Å². The van der Waals surface area contributed by atoms with Crippen LogP contribution in [0.3, 0.4) is 0 Å². The average Bonchev–Trinajstić information content (AvgIpc) is 3.24. The Morgan fingerprint density at radius 1 is 1.32 bits per heavy atom. The first kappa shape index (κ1) is 15.7. The second kappa shape index (κ2) is 6.25. The lowest BCUT2D eigenvalue weighted by Gasteiger charge is -2.18. The number of nitrogens with one attached hydrogen (secondary N) is 1. The standard InChI is InChI=1S/C16H16FN5O3/c1-8-20-16(25-22-8)14-10(5-6-24-14)21-15-9-3-4-11(23-2)12(17)13(9)18-7-19-15/h3-4,7,10,14H,5-6H2,1-2H3,(H,18,19,21)/t10-,14+/m1/s1. The van der Waals surface area contributed by atoms with Gasteiger partial charge in [-0.3, -0.25) is 0 Å². The Morgan fingerprint density at radius 2 is 2.20 bits per heavy atom. The Morgan fingerprint density at radius 3 is 2.96 bits per heavy atom. The van der Waals surface area contributed by atoms with Crippen molar-refractivity contribution in [1.29, 1.82) is 0 Å². The molecule has 3 aromatic rings. The number of aromatic nitrogens is 4.